The van der Waals surface area contributed by atoms with Gasteiger partial charge in [0.05, 0.1) is 6.67 Å². The van der Waals surface area contributed by atoms with Crippen molar-refractivity contribution in [2.45, 2.75) is 0 Å². The molecule has 1 aliphatic heterocycles. The summed E-state index contributed by atoms with van der Waals surface area (Å²) in [4.78, 5) is 6.61. The van der Waals surface area contributed by atoms with Crippen molar-refractivity contribution in [3.8, 4) is 0 Å². The lowest BCUT2D eigenvalue weighted by Crippen LogP contribution is -2.17. The Morgan fingerprint density at radius 1 is 0.909 bits per heavy atom. The Balaban J connectivity index is 0.000000218. The van der Waals surface area contributed by atoms with Crippen LogP contribution in [0.15, 0.2) is 0 Å². The number of hydrogen-bond acceptors (Lipinski definition) is 3. The topological polar surface area (TPSA) is 9.72 Å². The minimum atomic E-state index is 1.14. The Hall–Kier alpha value is -0.120. The standard InChI is InChI=1S/C5H12N2.C3H9N/c1-6-3-4-7(2)5-6;1-4(2)3/h3-5H2,1-2H3;1-3H3. The zero-order chi connectivity index (χ0) is 8.85. The second-order valence-corrected chi connectivity index (χ2v) is 3.64. The first kappa shape index (κ1) is 10.9. The van der Waals surface area contributed by atoms with E-state index >= 15 is 0 Å². The van der Waals surface area contributed by atoms with E-state index in [9.17, 15) is 0 Å². The van der Waals surface area contributed by atoms with Crippen molar-refractivity contribution in [3.63, 3.8) is 0 Å². The van der Waals surface area contributed by atoms with Crippen LogP contribution < -0.4 is 0 Å². The van der Waals surface area contributed by atoms with E-state index in [0.29, 0.717) is 0 Å². The predicted molar refractivity (Wildman–Crippen MR) is 49.7 cm³/mol. The SMILES string of the molecule is CN(C)C.CN1CCN(C)C1. The molecule has 1 heterocycles. The molecule has 0 unspecified atom stereocenters. The normalized spacial score (nSPS) is 20.2. The summed E-state index contributed by atoms with van der Waals surface area (Å²) in [5.41, 5.74) is 0. The van der Waals surface area contributed by atoms with Crippen LogP contribution in [0.4, 0.5) is 0 Å². The average molecular weight is 159 g/mol. The first-order chi connectivity index (χ1) is 5.02. The molecular weight excluding hydrogens is 138 g/mol. The van der Waals surface area contributed by atoms with Crippen molar-refractivity contribution in [2.75, 3.05) is 55.0 Å². The van der Waals surface area contributed by atoms with Gasteiger partial charge in [-0.1, -0.05) is 0 Å². The van der Waals surface area contributed by atoms with E-state index in [1.807, 2.05) is 26.0 Å². The third-order valence-electron chi connectivity index (χ3n) is 1.35. The Labute approximate surface area is 70.6 Å². The van der Waals surface area contributed by atoms with E-state index in [0.717, 1.165) is 6.67 Å². The molecule has 0 aliphatic carbocycles. The predicted octanol–water partition coefficient (Wildman–Crippen LogP) is -0.00110. The van der Waals surface area contributed by atoms with Gasteiger partial charge in [0.2, 0.25) is 0 Å². The summed E-state index contributed by atoms with van der Waals surface area (Å²) < 4.78 is 0. The Morgan fingerprint density at radius 3 is 1.27 bits per heavy atom. The molecule has 0 aromatic heterocycles. The summed E-state index contributed by atoms with van der Waals surface area (Å²) >= 11 is 0. The number of hydrogen-bond donors (Lipinski definition) is 0. The maximum atomic E-state index is 2.31. The molecule has 0 spiro atoms. The molecule has 0 aromatic rings. The van der Waals surface area contributed by atoms with E-state index in [-0.39, 0.29) is 0 Å². The van der Waals surface area contributed by atoms with Gasteiger partial charge in [-0.25, -0.2) is 0 Å². The van der Waals surface area contributed by atoms with Crippen molar-refractivity contribution < 1.29 is 0 Å². The lowest BCUT2D eigenvalue weighted by atomic mass is 10.6. The molecule has 0 radical (unpaired) electrons. The zero-order valence-corrected chi connectivity index (χ0v) is 8.46. The van der Waals surface area contributed by atoms with Gasteiger partial charge in [-0.15, -0.1) is 0 Å². The lowest BCUT2D eigenvalue weighted by molar-refractivity contribution is 0.318. The van der Waals surface area contributed by atoms with Crippen LogP contribution >= 0.6 is 0 Å². The van der Waals surface area contributed by atoms with E-state index in [4.69, 9.17) is 0 Å². The molecule has 1 saturated heterocycles. The molecule has 0 atom stereocenters. The number of likely N-dealkylation sites (N-methyl/N-ethyl adjacent to an activating group) is 2. The Kier molecular flexibility index (Phi) is 5.46. The van der Waals surface area contributed by atoms with Gasteiger partial charge in [0.1, 0.15) is 0 Å². The van der Waals surface area contributed by atoms with Gasteiger partial charge in [-0.2, -0.15) is 0 Å². The van der Waals surface area contributed by atoms with Gasteiger partial charge in [0, 0.05) is 13.1 Å². The fourth-order valence-electron chi connectivity index (χ4n) is 0.895. The summed E-state index contributed by atoms with van der Waals surface area (Å²) in [6.45, 7) is 3.60. The summed E-state index contributed by atoms with van der Waals surface area (Å²) in [5.74, 6) is 0. The minimum Gasteiger partial charge on any atom is -0.312 e. The van der Waals surface area contributed by atoms with Crippen LogP contribution in [0.1, 0.15) is 0 Å². The van der Waals surface area contributed by atoms with Gasteiger partial charge in [-0.05, 0) is 35.2 Å². The van der Waals surface area contributed by atoms with Crippen LogP contribution in [-0.4, -0.2) is 69.7 Å². The molecule has 3 heteroatoms. The fourth-order valence-corrected chi connectivity index (χ4v) is 0.895. The van der Waals surface area contributed by atoms with Gasteiger partial charge in [0.15, 0.2) is 0 Å². The Morgan fingerprint density at radius 2 is 1.18 bits per heavy atom. The third kappa shape index (κ3) is 7.78. The molecule has 1 aliphatic rings. The van der Waals surface area contributed by atoms with E-state index in [1.165, 1.54) is 13.1 Å². The number of nitrogens with zero attached hydrogens (tertiary/aromatic N) is 3. The van der Waals surface area contributed by atoms with Crippen LogP contribution in [0.3, 0.4) is 0 Å². The summed E-state index contributed by atoms with van der Waals surface area (Å²) in [5, 5.41) is 0. The highest BCUT2D eigenvalue weighted by atomic mass is 15.3. The molecular formula is C8H21N3. The van der Waals surface area contributed by atoms with Crippen LogP contribution in [0.25, 0.3) is 0 Å². The monoisotopic (exact) mass is 159 g/mol. The maximum Gasteiger partial charge on any atom is 0.0501 e. The van der Waals surface area contributed by atoms with E-state index < -0.39 is 0 Å². The molecule has 11 heavy (non-hydrogen) atoms. The van der Waals surface area contributed by atoms with Crippen LogP contribution in [0.2, 0.25) is 0 Å². The zero-order valence-electron chi connectivity index (χ0n) is 8.46. The van der Waals surface area contributed by atoms with Crippen molar-refractivity contribution in [1.82, 2.24) is 14.7 Å². The van der Waals surface area contributed by atoms with Crippen molar-refractivity contribution in [1.29, 1.82) is 0 Å². The van der Waals surface area contributed by atoms with Crippen LogP contribution in [-0.2, 0) is 0 Å². The minimum absolute atomic E-state index is 1.14. The largest absolute Gasteiger partial charge is 0.312 e. The average Bonchev–Trinajstić information content (AvgIpc) is 2.13. The maximum absolute atomic E-state index is 2.31. The van der Waals surface area contributed by atoms with Gasteiger partial charge in [0.25, 0.3) is 0 Å². The third-order valence-corrected chi connectivity index (χ3v) is 1.35. The smallest absolute Gasteiger partial charge is 0.0501 e. The molecule has 0 aromatic carbocycles. The number of rotatable bonds is 0. The second kappa shape index (κ2) is 5.52. The summed E-state index contributed by atoms with van der Waals surface area (Å²) in [6, 6.07) is 0. The molecule has 0 amide bonds. The highest BCUT2D eigenvalue weighted by Gasteiger charge is 2.09. The van der Waals surface area contributed by atoms with Gasteiger partial charge >= 0.3 is 0 Å². The molecule has 0 saturated carbocycles. The van der Waals surface area contributed by atoms with Crippen molar-refractivity contribution >= 4 is 0 Å². The van der Waals surface area contributed by atoms with E-state index in [1.54, 1.807) is 0 Å². The van der Waals surface area contributed by atoms with Gasteiger partial charge < -0.3 is 4.90 Å². The molecule has 0 N–H and O–H groups in total. The fraction of sp³-hybridized carbons (Fsp3) is 1.00. The van der Waals surface area contributed by atoms with Crippen LogP contribution in [0.5, 0.6) is 0 Å². The molecule has 1 rings (SSSR count). The van der Waals surface area contributed by atoms with Crippen molar-refractivity contribution in [3.05, 3.63) is 0 Å². The van der Waals surface area contributed by atoms with E-state index in [2.05, 4.69) is 23.9 Å². The molecule has 68 valence electrons. The summed E-state index contributed by atoms with van der Waals surface area (Å²) in [6.07, 6.45) is 0. The Bertz CT molecular complexity index is 82.6. The highest BCUT2D eigenvalue weighted by molar-refractivity contribution is 4.62. The highest BCUT2D eigenvalue weighted by Crippen LogP contribution is 1.95. The first-order valence-electron chi connectivity index (χ1n) is 4.00. The molecule has 3 nitrogen and oxygen atoms in total. The second-order valence-electron chi connectivity index (χ2n) is 3.64. The lowest BCUT2D eigenvalue weighted by Gasteiger charge is -2.06. The first-order valence-corrected chi connectivity index (χ1v) is 4.00. The molecule has 0 bridgehead atoms. The summed E-state index contributed by atoms with van der Waals surface area (Å²) in [7, 11) is 10.3. The van der Waals surface area contributed by atoms with Crippen LogP contribution in [0, 0.1) is 0 Å². The quantitative estimate of drug-likeness (QED) is 0.492. The van der Waals surface area contributed by atoms with Crippen molar-refractivity contribution in [2.24, 2.45) is 0 Å². The molecule has 1 fully saturated rings. The van der Waals surface area contributed by atoms with Gasteiger partial charge in [-0.3, -0.25) is 9.80 Å².